The van der Waals surface area contributed by atoms with Crippen molar-refractivity contribution in [2.45, 2.75) is 53.5 Å². The van der Waals surface area contributed by atoms with Gasteiger partial charge in [0, 0.05) is 10.6 Å². The zero-order valence-corrected chi connectivity index (χ0v) is 17.2. The molecule has 1 unspecified atom stereocenters. The number of aromatic nitrogens is 2. The van der Waals surface area contributed by atoms with E-state index in [-0.39, 0.29) is 11.5 Å². The van der Waals surface area contributed by atoms with Crippen LogP contribution in [-0.4, -0.2) is 15.5 Å². The van der Waals surface area contributed by atoms with E-state index < -0.39 is 6.04 Å². The quantitative estimate of drug-likeness (QED) is 0.710. The number of nitrogens with one attached hydrogen (secondary N) is 1. The Kier molecular flexibility index (Phi) is 5.46. The third-order valence-corrected chi connectivity index (χ3v) is 6.10. The van der Waals surface area contributed by atoms with Crippen molar-refractivity contribution >= 4 is 33.1 Å². The van der Waals surface area contributed by atoms with Crippen molar-refractivity contribution in [2.75, 3.05) is 5.32 Å². The molecule has 5 nitrogen and oxygen atoms in total. The second kappa shape index (κ2) is 7.64. The average Bonchev–Trinajstić information content (AvgIpc) is 3.06. The SMILES string of the molecule is CCc1cc2c(=O)n(C(C)C(=O)Nc3c(C)cccc3CC)c(C)nc2s1. The van der Waals surface area contributed by atoms with Crippen molar-refractivity contribution in [1.82, 2.24) is 9.55 Å². The molecule has 0 aliphatic carbocycles. The topological polar surface area (TPSA) is 64.0 Å². The van der Waals surface area contributed by atoms with Gasteiger partial charge in [-0.1, -0.05) is 32.0 Å². The summed E-state index contributed by atoms with van der Waals surface area (Å²) in [6.07, 6.45) is 1.69. The molecule has 3 rings (SSSR count). The molecule has 0 spiro atoms. The molecular weight excluding hydrogens is 358 g/mol. The summed E-state index contributed by atoms with van der Waals surface area (Å²) < 4.78 is 1.49. The summed E-state index contributed by atoms with van der Waals surface area (Å²) in [4.78, 5) is 32.4. The summed E-state index contributed by atoms with van der Waals surface area (Å²) in [5, 5.41) is 3.61. The summed E-state index contributed by atoms with van der Waals surface area (Å²) >= 11 is 1.54. The van der Waals surface area contributed by atoms with Gasteiger partial charge in [0.1, 0.15) is 16.7 Å². The third-order valence-electron chi connectivity index (χ3n) is 4.93. The van der Waals surface area contributed by atoms with Crippen LogP contribution in [0.2, 0.25) is 0 Å². The number of thiophene rings is 1. The van der Waals surface area contributed by atoms with E-state index in [2.05, 4.69) is 24.1 Å². The standard InChI is InChI=1S/C21H25N3O2S/c1-6-15-10-8-9-12(3)18(15)23-19(25)13(4)24-14(5)22-20-17(21(24)26)11-16(7-2)27-20/h8-11,13H,6-7H2,1-5H3,(H,23,25). The molecule has 1 aromatic carbocycles. The number of carbonyl (C=O) groups is 1. The highest BCUT2D eigenvalue weighted by molar-refractivity contribution is 7.18. The molecule has 2 aromatic heterocycles. The Morgan fingerprint density at radius 1 is 1.26 bits per heavy atom. The number of anilines is 1. The smallest absolute Gasteiger partial charge is 0.263 e. The monoisotopic (exact) mass is 383 g/mol. The molecule has 0 saturated carbocycles. The normalized spacial score (nSPS) is 12.3. The number of hydrogen-bond acceptors (Lipinski definition) is 4. The van der Waals surface area contributed by atoms with Crippen LogP contribution in [0.15, 0.2) is 29.1 Å². The Labute approximate surface area is 163 Å². The molecular formula is C21H25N3O2S. The summed E-state index contributed by atoms with van der Waals surface area (Å²) in [5.74, 6) is 0.344. The minimum absolute atomic E-state index is 0.156. The van der Waals surface area contributed by atoms with E-state index in [0.717, 1.165) is 39.4 Å². The van der Waals surface area contributed by atoms with Crippen LogP contribution >= 0.6 is 11.3 Å². The Balaban J connectivity index is 1.99. The molecule has 27 heavy (non-hydrogen) atoms. The maximum absolute atomic E-state index is 13.0. The van der Waals surface area contributed by atoms with E-state index in [1.165, 1.54) is 15.9 Å². The average molecular weight is 384 g/mol. The molecule has 0 saturated heterocycles. The summed E-state index contributed by atoms with van der Waals surface area (Å²) in [7, 11) is 0. The molecule has 0 fully saturated rings. The molecule has 142 valence electrons. The van der Waals surface area contributed by atoms with Gasteiger partial charge in [-0.2, -0.15) is 0 Å². The number of aryl methyl sites for hydroxylation is 4. The van der Waals surface area contributed by atoms with E-state index >= 15 is 0 Å². The van der Waals surface area contributed by atoms with Crippen LogP contribution < -0.4 is 10.9 Å². The first-order valence-corrected chi connectivity index (χ1v) is 10.1. The number of benzene rings is 1. The molecule has 0 radical (unpaired) electrons. The van der Waals surface area contributed by atoms with Crippen LogP contribution in [-0.2, 0) is 17.6 Å². The van der Waals surface area contributed by atoms with Gasteiger partial charge in [0.25, 0.3) is 5.56 Å². The van der Waals surface area contributed by atoms with Crippen molar-refractivity contribution in [3.63, 3.8) is 0 Å². The number of rotatable bonds is 5. The van der Waals surface area contributed by atoms with Gasteiger partial charge >= 0.3 is 0 Å². The van der Waals surface area contributed by atoms with Crippen molar-refractivity contribution in [3.8, 4) is 0 Å². The highest BCUT2D eigenvalue weighted by Gasteiger charge is 2.22. The van der Waals surface area contributed by atoms with Gasteiger partial charge in [-0.15, -0.1) is 11.3 Å². The fourth-order valence-corrected chi connectivity index (χ4v) is 4.33. The lowest BCUT2D eigenvalue weighted by Gasteiger charge is -2.19. The van der Waals surface area contributed by atoms with Crippen LogP contribution in [0, 0.1) is 13.8 Å². The van der Waals surface area contributed by atoms with E-state index in [1.807, 2.05) is 31.2 Å². The molecule has 1 N–H and O–H groups in total. The number of hydrogen-bond donors (Lipinski definition) is 1. The van der Waals surface area contributed by atoms with Gasteiger partial charge in [0.15, 0.2) is 0 Å². The molecule has 3 aromatic rings. The predicted octanol–water partition coefficient (Wildman–Crippen LogP) is 4.40. The molecule has 1 atom stereocenters. The fourth-order valence-electron chi connectivity index (χ4n) is 3.32. The zero-order valence-electron chi connectivity index (χ0n) is 16.4. The minimum Gasteiger partial charge on any atom is -0.324 e. The minimum atomic E-state index is -0.649. The van der Waals surface area contributed by atoms with Gasteiger partial charge < -0.3 is 5.32 Å². The lowest BCUT2D eigenvalue weighted by molar-refractivity contribution is -0.118. The summed E-state index contributed by atoms with van der Waals surface area (Å²) in [6, 6.07) is 7.22. The van der Waals surface area contributed by atoms with Crippen molar-refractivity contribution in [2.24, 2.45) is 0 Å². The lowest BCUT2D eigenvalue weighted by Crippen LogP contribution is -2.33. The van der Waals surface area contributed by atoms with E-state index in [4.69, 9.17) is 0 Å². The number of nitrogens with zero attached hydrogens (tertiary/aromatic N) is 2. The van der Waals surface area contributed by atoms with Crippen LogP contribution in [0.1, 0.15) is 48.6 Å². The number of amides is 1. The van der Waals surface area contributed by atoms with Gasteiger partial charge in [-0.3, -0.25) is 14.2 Å². The molecule has 0 aliphatic heterocycles. The Morgan fingerprint density at radius 3 is 2.67 bits per heavy atom. The lowest BCUT2D eigenvalue weighted by atomic mass is 10.1. The first-order valence-electron chi connectivity index (χ1n) is 9.28. The Hall–Kier alpha value is -2.47. The second-order valence-corrected chi connectivity index (χ2v) is 7.86. The predicted molar refractivity (Wildman–Crippen MR) is 112 cm³/mol. The van der Waals surface area contributed by atoms with Crippen LogP contribution in [0.4, 0.5) is 5.69 Å². The summed E-state index contributed by atoms with van der Waals surface area (Å²) in [6.45, 7) is 9.61. The highest BCUT2D eigenvalue weighted by atomic mass is 32.1. The Bertz CT molecular complexity index is 1070. The molecule has 2 heterocycles. The maximum Gasteiger partial charge on any atom is 0.263 e. The van der Waals surface area contributed by atoms with Gasteiger partial charge in [-0.05, 0) is 50.8 Å². The van der Waals surface area contributed by atoms with Crippen LogP contribution in [0.25, 0.3) is 10.2 Å². The van der Waals surface area contributed by atoms with E-state index in [0.29, 0.717) is 11.2 Å². The summed E-state index contributed by atoms with van der Waals surface area (Å²) in [5.41, 5.74) is 2.77. The maximum atomic E-state index is 13.0. The first-order chi connectivity index (χ1) is 12.9. The van der Waals surface area contributed by atoms with E-state index in [1.54, 1.807) is 13.8 Å². The zero-order chi connectivity index (χ0) is 19.7. The molecule has 0 bridgehead atoms. The first kappa shape index (κ1) is 19.3. The molecule has 6 heteroatoms. The van der Waals surface area contributed by atoms with Crippen molar-refractivity contribution in [3.05, 3.63) is 56.4 Å². The molecule has 0 aliphatic rings. The van der Waals surface area contributed by atoms with Crippen molar-refractivity contribution in [1.29, 1.82) is 0 Å². The van der Waals surface area contributed by atoms with Gasteiger partial charge in [0.05, 0.1) is 5.39 Å². The largest absolute Gasteiger partial charge is 0.324 e. The second-order valence-electron chi connectivity index (χ2n) is 6.75. The van der Waals surface area contributed by atoms with Gasteiger partial charge in [-0.25, -0.2) is 4.98 Å². The van der Waals surface area contributed by atoms with E-state index in [9.17, 15) is 9.59 Å². The number of para-hydroxylation sites is 1. The van der Waals surface area contributed by atoms with Crippen LogP contribution in [0.3, 0.4) is 0 Å². The highest BCUT2D eigenvalue weighted by Crippen LogP contribution is 2.25. The van der Waals surface area contributed by atoms with Crippen molar-refractivity contribution < 1.29 is 4.79 Å². The van der Waals surface area contributed by atoms with Crippen LogP contribution in [0.5, 0.6) is 0 Å². The van der Waals surface area contributed by atoms with Gasteiger partial charge in [0.2, 0.25) is 5.91 Å². The number of carbonyl (C=O) groups excluding carboxylic acids is 1. The molecule has 1 amide bonds. The Morgan fingerprint density at radius 2 is 2.00 bits per heavy atom. The fraction of sp³-hybridized carbons (Fsp3) is 0.381. The number of fused-ring (bicyclic) bond motifs is 1. The third kappa shape index (κ3) is 3.54.